The molecule has 3 aromatic heterocycles. The van der Waals surface area contributed by atoms with Crippen molar-refractivity contribution in [1.29, 1.82) is 0 Å². The summed E-state index contributed by atoms with van der Waals surface area (Å²) in [6.07, 6.45) is 3.67. The van der Waals surface area contributed by atoms with Gasteiger partial charge in [0.2, 0.25) is 5.88 Å². The van der Waals surface area contributed by atoms with Crippen LogP contribution in [-0.4, -0.2) is 31.8 Å². The first-order valence-corrected chi connectivity index (χ1v) is 9.77. The Balaban J connectivity index is 1.60. The molecule has 0 amide bonds. The first-order valence-electron chi connectivity index (χ1n) is 9.77. The highest BCUT2D eigenvalue weighted by atomic mass is 16.5. The summed E-state index contributed by atoms with van der Waals surface area (Å²) in [7, 11) is 1.61. The van der Waals surface area contributed by atoms with Crippen molar-refractivity contribution in [2.75, 3.05) is 12.4 Å². The third-order valence-electron chi connectivity index (χ3n) is 4.91. The maximum Gasteiger partial charge on any atom is 0.238 e. The van der Waals surface area contributed by atoms with E-state index in [1.165, 1.54) is 5.56 Å². The largest absolute Gasteiger partial charge is 0.479 e. The van der Waals surface area contributed by atoms with Crippen LogP contribution in [0.2, 0.25) is 0 Å². The van der Waals surface area contributed by atoms with Gasteiger partial charge in [-0.3, -0.25) is 0 Å². The second-order valence-electron chi connectivity index (χ2n) is 7.19. The first kappa shape index (κ1) is 19.6. The van der Waals surface area contributed by atoms with E-state index >= 15 is 0 Å². The number of hydrogen-bond acceptors (Lipinski definition) is 6. The molecule has 0 aliphatic rings. The molecule has 152 valence electrons. The molecule has 0 aliphatic carbocycles. The molecule has 0 unspecified atom stereocenters. The van der Waals surface area contributed by atoms with Gasteiger partial charge in [-0.1, -0.05) is 30.3 Å². The Hall–Kier alpha value is -3.74. The predicted molar refractivity (Wildman–Crippen MR) is 117 cm³/mol. The Bertz CT molecular complexity index is 1160. The fraction of sp³-hybridized carbons (Fsp3) is 0.217. The number of methoxy groups -OCH3 is 1. The van der Waals surface area contributed by atoms with Crippen molar-refractivity contribution in [3.05, 3.63) is 77.9 Å². The quantitative estimate of drug-likeness (QED) is 0.513. The fourth-order valence-electron chi connectivity index (χ4n) is 3.32. The summed E-state index contributed by atoms with van der Waals surface area (Å²) in [5.74, 6) is 1.23. The predicted octanol–water partition coefficient (Wildman–Crippen LogP) is 4.52. The molecule has 7 heteroatoms. The van der Waals surface area contributed by atoms with Gasteiger partial charge in [0.15, 0.2) is 0 Å². The molecule has 0 bridgehead atoms. The number of rotatable bonds is 6. The standard InChI is InChI=1S/C23H24N6O/c1-15-12-21(25-17(3)18-8-6-5-7-9-18)27-28-22(15)19-10-11-20(23(26-19)30-4)29-13-16(2)24-14-29/h5-14,17H,1-4H3,(H,25,27)/t17-/m0/s1. The maximum atomic E-state index is 5.52. The number of imidazole rings is 1. The van der Waals surface area contributed by atoms with Crippen molar-refractivity contribution in [3.63, 3.8) is 0 Å². The van der Waals surface area contributed by atoms with Crippen molar-refractivity contribution < 1.29 is 4.74 Å². The number of pyridine rings is 1. The van der Waals surface area contributed by atoms with Crippen molar-refractivity contribution in [3.8, 4) is 23.0 Å². The van der Waals surface area contributed by atoms with E-state index in [1.807, 2.05) is 61.0 Å². The lowest BCUT2D eigenvalue weighted by atomic mass is 10.1. The normalized spacial score (nSPS) is 11.9. The number of nitrogens with one attached hydrogen (secondary N) is 1. The maximum absolute atomic E-state index is 5.52. The van der Waals surface area contributed by atoms with Gasteiger partial charge in [-0.05, 0) is 50.1 Å². The van der Waals surface area contributed by atoms with Gasteiger partial charge in [0.1, 0.15) is 17.2 Å². The number of ether oxygens (including phenoxy) is 1. The number of nitrogens with zero attached hydrogens (tertiary/aromatic N) is 5. The highest BCUT2D eigenvalue weighted by Gasteiger charge is 2.14. The molecular formula is C23H24N6O. The molecule has 1 N–H and O–H groups in total. The zero-order chi connectivity index (χ0) is 21.1. The lowest BCUT2D eigenvalue weighted by Crippen LogP contribution is -2.09. The summed E-state index contributed by atoms with van der Waals surface area (Å²) in [5.41, 5.74) is 5.35. The van der Waals surface area contributed by atoms with E-state index in [1.54, 1.807) is 13.4 Å². The zero-order valence-electron chi connectivity index (χ0n) is 17.5. The number of anilines is 1. The van der Waals surface area contributed by atoms with Crippen LogP contribution in [0.15, 0.2) is 61.1 Å². The SMILES string of the molecule is COc1nc(-c2nnc(N[C@@H](C)c3ccccc3)cc2C)ccc1-n1cnc(C)c1. The summed E-state index contributed by atoms with van der Waals surface area (Å²) in [5, 5.41) is 12.2. The Morgan fingerprint density at radius 2 is 1.83 bits per heavy atom. The minimum Gasteiger partial charge on any atom is -0.479 e. The lowest BCUT2D eigenvalue weighted by molar-refractivity contribution is 0.396. The number of aryl methyl sites for hydroxylation is 2. The lowest BCUT2D eigenvalue weighted by Gasteiger charge is -2.15. The molecule has 1 atom stereocenters. The van der Waals surface area contributed by atoms with Crippen molar-refractivity contribution in [2.45, 2.75) is 26.8 Å². The second-order valence-corrected chi connectivity index (χ2v) is 7.19. The van der Waals surface area contributed by atoms with Crippen LogP contribution in [0, 0.1) is 13.8 Å². The molecular weight excluding hydrogens is 376 g/mol. The van der Waals surface area contributed by atoms with Gasteiger partial charge in [-0.25, -0.2) is 9.97 Å². The van der Waals surface area contributed by atoms with Crippen molar-refractivity contribution in [2.24, 2.45) is 0 Å². The molecule has 0 spiro atoms. The zero-order valence-corrected chi connectivity index (χ0v) is 17.5. The van der Waals surface area contributed by atoms with E-state index in [9.17, 15) is 0 Å². The summed E-state index contributed by atoms with van der Waals surface area (Å²) < 4.78 is 7.41. The van der Waals surface area contributed by atoms with Gasteiger partial charge in [0.25, 0.3) is 0 Å². The molecule has 0 saturated heterocycles. The minimum atomic E-state index is 0.127. The Kier molecular flexibility index (Phi) is 5.43. The number of aromatic nitrogens is 5. The van der Waals surface area contributed by atoms with Crippen LogP contribution in [0.5, 0.6) is 5.88 Å². The third kappa shape index (κ3) is 4.00. The van der Waals surface area contributed by atoms with Crippen LogP contribution < -0.4 is 10.1 Å². The van der Waals surface area contributed by atoms with Gasteiger partial charge in [0.05, 0.1) is 24.8 Å². The number of hydrogen-bond donors (Lipinski definition) is 1. The second kappa shape index (κ2) is 8.32. The van der Waals surface area contributed by atoms with Crippen molar-refractivity contribution >= 4 is 5.82 Å². The summed E-state index contributed by atoms with van der Waals surface area (Å²) in [6, 6.07) is 16.2. The van der Waals surface area contributed by atoms with Crippen LogP contribution in [0.4, 0.5) is 5.82 Å². The van der Waals surface area contributed by atoms with Gasteiger partial charge in [-0.2, -0.15) is 0 Å². The van der Waals surface area contributed by atoms with Crippen LogP contribution in [0.3, 0.4) is 0 Å². The van der Waals surface area contributed by atoms with E-state index < -0.39 is 0 Å². The van der Waals surface area contributed by atoms with Crippen LogP contribution in [0.1, 0.15) is 29.8 Å². The molecule has 30 heavy (non-hydrogen) atoms. The minimum absolute atomic E-state index is 0.127. The molecule has 4 rings (SSSR count). The molecule has 4 aromatic rings. The summed E-state index contributed by atoms with van der Waals surface area (Å²) in [4.78, 5) is 8.92. The van der Waals surface area contributed by atoms with E-state index in [2.05, 4.69) is 44.5 Å². The topological polar surface area (TPSA) is 77.8 Å². The highest BCUT2D eigenvalue weighted by molar-refractivity contribution is 5.63. The first-order chi connectivity index (χ1) is 14.5. The summed E-state index contributed by atoms with van der Waals surface area (Å²) >= 11 is 0. The van der Waals surface area contributed by atoms with Gasteiger partial charge >= 0.3 is 0 Å². The molecule has 0 fully saturated rings. The number of benzene rings is 1. The molecule has 1 aromatic carbocycles. The third-order valence-corrected chi connectivity index (χ3v) is 4.91. The van der Waals surface area contributed by atoms with Gasteiger partial charge < -0.3 is 14.6 Å². The molecule has 7 nitrogen and oxygen atoms in total. The highest BCUT2D eigenvalue weighted by Crippen LogP contribution is 2.27. The van der Waals surface area contributed by atoms with Crippen LogP contribution in [0.25, 0.3) is 17.1 Å². The molecule has 3 heterocycles. The summed E-state index contributed by atoms with van der Waals surface area (Å²) in [6.45, 7) is 6.05. The monoisotopic (exact) mass is 400 g/mol. The smallest absolute Gasteiger partial charge is 0.238 e. The van der Waals surface area contributed by atoms with Gasteiger partial charge in [0, 0.05) is 12.2 Å². The van der Waals surface area contributed by atoms with Gasteiger partial charge in [-0.15, -0.1) is 10.2 Å². The Morgan fingerprint density at radius 3 is 2.50 bits per heavy atom. The van der Waals surface area contributed by atoms with Crippen LogP contribution >= 0.6 is 0 Å². The average Bonchev–Trinajstić information content (AvgIpc) is 3.20. The molecule has 0 aliphatic heterocycles. The Morgan fingerprint density at radius 1 is 1.03 bits per heavy atom. The fourth-order valence-corrected chi connectivity index (χ4v) is 3.32. The van der Waals surface area contributed by atoms with E-state index in [4.69, 9.17) is 4.74 Å². The molecule has 0 saturated carbocycles. The van der Waals surface area contributed by atoms with Crippen LogP contribution in [-0.2, 0) is 0 Å². The molecule has 0 radical (unpaired) electrons. The Labute approximate surface area is 175 Å². The average molecular weight is 400 g/mol. The van der Waals surface area contributed by atoms with E-state index in [0.717, 1.165) is 28.5 Å². The van der Waals surface area contributed by atoms with E-state index in [-0.39, 0.29) is 6.04 Å². The van der Waals surface area contributed by atoms with E-state index in [0.29, 0.717) is 11.6 Å². The van der Waals surface area contributed by atoms with Crippen molar-refractivity contribution in [1.82, 2.24) is 24.7 Å².